The van der Waals surface area contributed by atoms with E-state index >= 15 is 0 Å². The van der Waals surface area contributed by atoms with E-state index < -0.39 is 0 Å². The van der Waals surface area contributed by atoms with Crippen LogP contribution in [0.2, 0.25) is 0 Å². The Hall–Kier alpha value is -1.29. The van der Waals surface area contributed by atoms with Crippen molar-refractivity contribution < 1.29 is 4.74 Å². The molecule has 0 aromatic carbocycles. The van der Waals surface area contributed by atoms with E-state index in [1.165, 1.54) is 5.56 Å². The Morgan fingerprint density at radius 1 is 1.11 bits per heavy atom. The average molecular weight is 267 g/mol. The van der Waals surface area contributed by atoms with Gasteiger partial charge in [0.1, 0.15) is 11.6 Å². The molecule has 0 bridgehead atoms. The number of morpholine rings is 1. The highest BCUT2D eigenvalue weighted by Crippen LogP contribution is 2.18. The van der Waals surface area contributed by atoms with Crippen molar-refractivity contribution >= 4 is 11.6 Å². The van der Waals surface area contributed by atoms with E-state index in [1.54, 1.807) is 0 Å². The smallest absolute Gasteiger partial charge is 0.131 e. The van der Waals surface area contributed by atoms with Gasteiger partial charge in [0.05, 0.1) is 13.2 Å². The van der Waals surface area contributed by atoms with Crippen LogP contribution in [0.15, 0.2) is 12.1 Å². The fraction of sp³-hybridized carbons (Fsp3) is 0.667. The summed E-state index contributed by atoms with van der Waals surface area (Å²) in [4.78, 5) is 6.80. The first-order chi connectivity index (χ1) is 9.29. The molecule has 0 radical (unpaired) electrons. The van der Waals surface area contributed by atoms with Gasteiger partial charge in [-0.15, -0.1) is 0 Å². The number of ether oxygens (including phenoxy) is 1. The Kier molecular flexibility index (Phi) is 9.90. The molecule has 4 nitrogen and oxygen atoms in total. The summed E-state index contributed by atoms with van der Waals surface area (Å²) in [6.45, 7) is 13.5. The molecule has 0 atom stereocenters. The number of aryl methyl sites for hydroxylation is 1. The van der Waals surface area contributed by atoms with Gasteiger partial charge < -0.3 is 15.0 Å². The number of nitrogens with zero attached hydrogens (tertiary/aromatic N) is 2. The number of nitrogens with one attached hydrogen (secondary N) is 1. The topological polar surface area (TPSA) is 37.4 Å². The lowest BCUT2D eigenvalue weighted by atomic mass is 10.2. The molecule has 110 valence electrons. The summed E-state index contributed by atoms with van der Waals surface area (Å²) in [5.74, 6) is 1.97. The van der Waals surface area contributed by atoms with Crippen molar-refractivity contribution in [2.75, 3.05) is 43.6 Å². The number of anilines is 2. The number of hydrogen-bond donors (Lipinski definition) is 1. The highest BCUT2D eigenvalue weighted by molar-refractivity contribution is 5.50. The van der Waals surface area contributed by atoms with E-state index in [0.717, 1.165) is 37.9 Å². The van der Waals surface area contributed by atoms with Crippen LogP contribution in [0.5, 0.6) is 0 Å². The van der Waals surface area contributed by atoms with Crippen LogP contribution in [0.4, 0.5) is 11.6 Å². The molecule has 4 heteroatoms. The molecule has 1 aliphatic rings. The highest BCUT2D eigenvalue weighted by Gasteiger charge is 2.12. The first-order valence-electron chi connectivity index (χ1n) is 7.29. The van der Waals surface area contributed by atoms with Gasteiger partial charge in [-0.25, -0.2) is 4.98 Å². The van der Waals surface area contributed by atoms with Crippen molar-refractivity contribution in [3.05, 3.63) is 17.7 Å². The van der Waals surface area contributed by atoms with Crippen molar-refractivity contribution in [3.8, 4) is 0 Å². The summed E-state index contributed by atoms with van der Waals surface area (Å²) in [5, 5.41) is 3.08. The van der Waals surface area contributed by atoms with Gasteiger partial charge in [0.15, 0.2) is 0 Å². The monoisotopic (exact) mass is 267 g/mol. The molecule has 0 spiro atoms. The summed E-state index contributed by atoms with van der Waals surface area (Å²) < 4.78 is 5.32. The Morgan fingerprint density at radius 2 is 1.68 bits per heavy atom. The van der Waals surface area contributed by atoms with Gasteiger partial charge in [0, 0.05) is 20.1 Å². The summed E-state index contributed by atoms with van der Waals surface area (Å²) in [6.07, 6.45) is 0. The summed E-state index contributed by atoms with van der Waals surface area (Å²) >= 11 is 0. The van der Waals surface area contributed by atoms with Crippen LogP contribution in [-0.4, -0.2) is 38.3 Å². The predicted octanol–water partition coefficient (Wildman–Crippen LogP) is 3.32. The fourth-order valence-corrected chi connectivity index (χ4v) is 1.73. The van der Waals surface area contributed by atoms with Crippen LogP contribution in [0.25, 0.3) is 0 Å². The minimum Gasteiger partial charge on any atom is -0.378 e. The zero-order valence-corrected chi connectivity index (χ0v) is 13.3. The minimum atomic E-state index is 0.796. The van der Waals surface area contributed by atoms with Gasteiger partial charge >= 0.3 is 0 Å². The number of aromatic nitrogens is 1. The van der Waals surface area contributed by atoms with Gasteiger partial charge in [0.2, 0.25) is 0 Å². The van der Waals surface area contributed by atoms with E-state index in [4.69, 9.17) is 4.74 Å². The highest BCUT2D eigenvalue weighted by atomic mass is 16.5. The van der Waals surface area contributed by atoms with Crippen LogP contribution >= 0.6 is 0 Å². The minimum absolute atomic E-state index is 0.796. The van der Waals surface area contributed by atoms with Crippen molar-refractivity contribution in [2.45, 2.75) is 34.6 Å². The summed E-state index contributed by atoms with van der Waals surface area (Å²) in [5.41, 5.74) is 1.23. The first-order valence-corrected chi connectivity index (χ1v) is 7.29. The largest absolute Gasteiger partial charge is 0.378 e. The molecule has 19 heavy (non-hydrogen) atoms. The molecule has 1 aliphatic heterocycles. The van der Waals surface area contributed by atoms with Crippen molar-refractivity contribution in [1.82, 2.24) is 4.98 Å². The predicted molar refractivity (Wildman–Crippen MR) is 84.2 cm³/mol. The Balaban J connectivity index is 0.000000741. The molecule has 2 rings (SSSR count). The molecular formula is C15H29N3O. The number of hydrogen-bond acceptors (Lipinski definition) is 4. The molecule has 1 aromatic rings. The van der Waals surface area contributed by atoms with Crippen molar-refractivity contribution in [1.29, 1.82) is 0 Å². The third-order valence-electron chi connectivity index (χ3n) is 2.55. The number of rotatable bonds is 2. The van der Waals surface area contributed by atoms with E-state index in [1.807, 2.05) is 40.8 Å². The second-order valence-corrected chi connectivity index (χ2v) is 3.74. The van der Waals surface area contributed by atoms with Crippen LogP contribution in [0.1, 0.15) is 33.3 Å². The van der Waals surface area contributed by atoms with Crippen LogP contribution < -0.4 is 10.2 Å². The third-order valence-corrected chi connectivity index (χ3v) is 2.55. The second kappa shape index (κ2) is 10.6. The van der Waals surface area contributed by atoms with Crippen molar-refractivity contribution in [2.24, 2.45) is 0 Å². The lowest BCUT2D eigenvalue weighted by Gasteiger charge is -2.28. The van der Waals surface area contributed by atoms with E-state index in [9.17, 15) is 0 Å². The maximum Gasteiger partial charge on any atom is 0.131 e. The Bertz CT molecular complexity index is 336. The second-order valence-electron chi connectivity index (χ2n) is 3.74. The average Bonchev–Trinajstić information content (AvgIpc) is 2.51. The van der Waals surface area contributed by atoms with Gasteiger partial charge in [-0.05, 0) is 24.6 Å². The fourth-order valence-electron chi connectivity index (χ4n) is 1.73. The Labute approximate surface area is 118 Å². The lowest BCUT2D eigenvalue weighted by Crippen LogP contribution is -2.36. The standard InChI is InChI=1S/C11H17N3O.2C2H6/c1-9-7-10(12-2)13-11(8-9)14-3-5-15-6-4-14;2*1-2/h7-8H,3-6H2,1-2H3,(H,12,13);2*1-2H3. The van der Waals surface area contributed by atoms with Gasteiger partial charge in [-0.1, -0.05) is 27.7 Å². The molecule has 0 aliphatic carbocycles. The van der Waals surface area contributed by atoms with E-state index in [2.05, 4.69) is 28.2 Å². The molecular weight excluding hydrogens is 238 g/mol. The molecule has 1 N–H and O–H groups in total. The zero-order valence-electron chi connectivity index (χ0n) is 13.3. The third kappa shape index (κ3) is 5.92. The van der Waals surface area contributed by atoms with Crippen molar-refractivity contribution in [3.63, 3.8) is 0 Å². The zero-order chi connectivity index (χ0) is 14.7. The van der Waals surface area contributed by atoms with Gasteiger partial charge in [-0.3, -0.25) is 0 Å². The Morgan fingerprint density at radius 3 is 2.21 bits per heavy atom. The van der Waals surface area contributed by atoms with Crippen LogP contribution in [0.3, 0.4) is 0 Å². The van der Waals surface area contributed by atoms with Gasteiger partial charge in [-0.2, -0.15) is 0 Å². The lowest BCUT2D eigenvalue weighted by molar-refractivity contribution is 0.122. The molecule has 0 amide bonds. The van der Waals surface area contributed by atoms with Crippen LogP contribution in [-0.2, 0) is 4.74 Å². The van der Waals surface area contributed by atoms with Crippen LogP contribution in [0, 0.1) is 6.92 Å². The van der Waals surface area contributed by atoms with E-state index in [0.29, 0.717) is 0 Å². The molecule has 1 fully saturated rings. The summed E-state index contributed by atoms with van der Waals surface area (Å²) in [6, 6.07) is 4.16. The molecule has 1 saturated heterocycles. The molecule has 0 saturated carbocycles. The van der Waals surface area contributed by atoms with E-state index in [-0.39, 0.29) is 0 Å². The first kappa shape index (κ1) is 17.7. The maximum atomic E-state index is 5.32. The SMILES string of the molecule is CC.CC.CNc1cc(C)cc(N2CCOCC2)n1. The van der Waals surface area contributed by atoms with Gasteiger partial charge in [0.25, 0.3) is 0 Å². The quantitative estimate of drug-likeness (QED) is 0.892. The maximum absolute atomic E-state index is 5.32. The molecule has 2 heterocycles. The number of pyridine rings is 1. The molecule has 1 aromatic heterocycles. The summed E-state index contributed by atoms with van der Waals surface area (Å²) in [7, 11) is 1.89. The normalized spacial score (nSPS) is 13.7. The molecule has 0 unspecified atom stereocenters.